The van der Waals surface area contributed by atoms with Crippen molar-refractivity contribution in [3.8, 4) is 0 Å². The Kier molecular flexibility index (Phi) is 7.24. The summed E-state index contributed by atoms with van der Waals surface area (Å²) in [7, 11) is -5.46. The van der Waals surface area contributed by atoms with Crippen molar-refractivity contribution in [2.45, 2.75) is 37.6 Å². The van der Waals surface area contributed by atoms with E-state index >= 15 is 0 Å². The maximum atomic E-state index is 12.9. The monoisotopic (exact) mass is 431 g/mol. The number of amides is 1. The van der Waals surface area contributed by atoms with Gasteiger partial charge in [-0.1, -0.05) is 0 Å². The molecule has 2 rings (SSSR count). The Morgan fingerprint density at radius 3 is 1.96 bits per heavy atom. The van der Waals surface area contributed by atoms with Crippen LogP contribution in [0.15, 0.2) is 29.2 Å². The van der Waals surface area contributed by atoms with Crippen molar-refractivity contribution in [1.82, 2.24) is 13.5 Å². The average Bonchev–Trinajstić information content (AvgIpc) is 2.67. The summed E-state index contributed by atoms with van der Waals surface area (Å²) in [4.78, 5) is 14.2. The van der Waals surface area contributed by atoms with Gasteiger partial charge in [0.05, 0.1) is 11.2 Å². The molecular weight excluding hydrogens is 402 g/mol. The van der Waals surface area contributed by atoms with Crippen LogP contribution in [0.3, 0.4) is 0 Å². The molecule has 1 aromatic rings. The third-order valence-corrected chi connectivity index (χ3v) is 8.51. The van der Waals surface area contributed by atoms with Crippen LogP contribution in [-0.2, 0) is 20.0 Å². The van der Waals surface area contributed by atoms with Crippen molar-refractivity contribution in [2.24, 2.45) is 0 Å². The Balaban J connectivity index is 2.10. The van der Waals surface area contributed by atoms with Crippen molar-refractivity contribution in [3.05, 3.63) is 29.8 Å². The Morgan fingerprint density at radius 1 is 1.04 bits per heavy atom. The molecule has 0 radical (unpaired) electrons. The molecule has 0 spiro atoms. The van der Waals surface area contributed by atoms with E-state index in [4.69, 9.17) is 0 Å². The number of carbonyl (C=O) groups is 1. The summed E-state index contributed by atoms with van der Waals surface area (Å²) >= 11 is 0. The molecule has 1 fully saturated rings. The van der Waals surface area contributed by atoms with E-state index in [0.717, 1.165) is 6.26 Å². The van der Waals surface area contributed by atoms with Crippen molar-refractivity contribution in [3.63, 3.8) is 0 Å². The van der Waals surface area contributed by atoms with Gasteiger partial charge >= 0.3 is 0 Å². The second-order valence-electron chi connectivity index (χ2n) is 6.92. The number of piperidine rings is 1. The fourth-order valence-electron chi connectivity index (χ4n) is 3.33. The molecule has 0 bridgehead atoms. The highest BCUT2D eigenvalue weighted by Crippen LogP contribution is 2.24. The molecule has 0 atom stereocenters. The van der Waals surface area contributed by atoms with Crippen LogP contribution in [0.25, 0.3) is 0 Å². The van der Waals surface area contributed by atoms with Gasteiger partial charge in [-0.2, -0.15) is 4.31 Å². The van der Waals surface area contributed by atoms with Crippen molar-refractivity contribution in [1.29, 1.82) is 0 Å². The maximum Gasteiger partial charge on any atom is 0.253 e. The number of rotatable bonds is 7. The second kappa shape index (κ2) is 8.89. The highest BCUT2D eigenvalue weighted by atomic mass is 32.2. The first-order valence-electron chi connectivity index (χ1n) is 9.34. The van der Waals surface area contributed by atoms with E-state index in [1.165, 1.54) is 39.9 Å². The first-order chi connectivity index (χ1) is 13.0. The molecule has 0 aliphatic carbocycles. The minimum atomic E-state index is -3.68. The fraction of sp³-hybridized carbons (Fsp3) is 0.611. The van der Waals surface area contributed by atoms with Gasteiger partial charge in [0.1, 0.15) is 0 Å². The summed E-state index contributed by atoms with van der Waals surface area (Å²) in [6.45, 7) is 5.48. The topological polar surface area (TPSA) is 95.1 Å². The van der Waals surface area contributed by atoms with Gasteiger partial charge in [-0.25, -0.2) is 21.1 Å². The lowest BCUT2D eigenvalue weighted by Gasteiger charge is -2.35. The second-order valence-corrected chi connectivity index (χ2v) is 10.9. The zero-order chi connectivity index (χ0) is 21.1. The summed E-state index contributed by atoms with van der Waals surface area (Å²) in [5, 5.41) is 0. The number of sulfonamides is 2. The van der Waals surface area contributed by atoms with Crippen molar-refractivity contribution < 1.29 is 21.6 Å². The molecule has 10 heteroatoms. The summed E-state index contributed by atoms with van der Waals surface area (Å²) in [6.07, 6.45) is 2.04. The van der Waals surface area contributed by atoms with E-state index in [1.54, 1.807) is 4.90 Å². The highest BCUT2D eigenvalue weighted by molar-refractivity contribution is 7.89. The maximum absolute atomic E-state index is 12.9. The SMILES string of the molecule is CCN(CC)C(=O)c1ccc(S(=O)(=O)N2CCC(N(C)S(C)(=O)=O)CC2)cc1. The van der Waals surface area contributed by atoms with Crippen LogP contribution in [0.4, 0.5) is 0 Å². The zero-order valence-electron chi connectivity index (χ0n) is 16.8. The molecule has 158 valence electrons. The van der Waals surface area contributed by atoms with Crippen LogP contribution in [0.2, 0.25) is 0 Å². The molecule has 1 amide bonds. The standard InChI is InChI=1S/C18H29N3O5S2/c1-5-20(6-2)18(22)15-7-9-17(10-8-15)28(25,26)21-13-11-16(12-14-21)19(3)27(4,23)24/h7-10,16H,5-6,11-14H2,1-4H3. The summed E-state index contributed by atoms with van der Waals surface area (Å²) in [6, 6.07) is 5.80. The van der Waals surface area contributed by atoms with Crippen LogP contribution >= 0.6 is 0 Å². The zero-order valence-corrected chi connectivity index (χ0v) is 18.5. The first-order valence-corrected chi connectivity index (χ1v) is 12.6. The Hall–Kier alpha value is -1.49. The molecule has 1 aliphatic rings. The molecule has 0 aromatic heterocycles. The van der Waals surface area contributed by atoms with E-state index in [0.29, 0.717) is 31.5 Å². The summed E-state index contributed by atoms with van der Waals surface area (Å²) in [5.74, 6) is -0.126. The van der Waals surface area contributed by atoms with Gasteiger partial charge in [-0.15, -0.1) is 0 Å². The third-order valence-electron chi connectivity index (χ3n) is 5.25. The first kappa shape index (κ1) is 22.8. The molecule has 1 aliphatic heterocycles. The van der Waals surface area contributed by atoms with E-state index in [-0.39, 0.29) is 29.9 Å². The number of nitrogens with zero attached hydrogens (tertiary/aromatic N) is 3. The fourth-order valence-corrected chi connectivity index (χ4v) is 5.55. The average molecular weight is 432 g/mol. The quantitative estimate of drug-likeness (QED) is 0.647. The molecule has 0 saturated carbocycles. The largest absolute Gasteiger partial charge is 0.339 e. The molecule has 1 heterocycles. The summed E-state index contributed by atoms with van der Waals surface area (Å²) < 4.78 is 51.8. The van der Waals surface area contributed by atoms with Crippen LogP contribution in [0, 0.1) is 0 Å². The smallest absolute Gasteiger partial charge is 0.253 e. The Labute approximate surface area is 168 Å². The third kappa shape index (κ3) is 4.91. The van der Waals surface area contributed by atoms with E-state index in [1.807, 2.05) is 13.8 Å². The molecule has 1 saturated heterocycles. The van der Waals surface area contributed by atoms with Gasteiger partial charge in [0.25, 0.3) is 5.91 Å². The van der Waals surface area contributed by atoms with Crippen LogP contribution in [0.5, 0.6) is 0 Å². The lowest BCUT2D eigenvalue weighted by atomic mass is 10.1. The summed E-state index contributed by atoms with van der Waals surface area (Å²) in [5.41, 5.74) is 0.455. The number of hydrogen-bond acceptors (Lipinski definition) is 5. The number of benzene rings is 1. The van der Waals surface area contributed by atoms with Crippen molar-refractivity contribution in [2.75, 3.05) is 39.5 Å². The minimum absolute atomic E-state index is 0.126. The highest BCUT2D eigenvalue weighted by Gasteiger charge is 2.33. The lowest BCUT2D eigenvalue weighted by molar-refractivity contribution is 0.0773. The lowest BCUT2D eigenvalue weighted by Crippen LogP contribution is -2.46. The van der Waals surface area contributed by atoms with Crippen LogP contribution < -0.4 is 0 Å². The van der Waals surface area contributed by atoms with Gasteiger partial charge < -0.3 is 4.90 Å². The van der Waals surface area contributed by atoms with Crippen molar-refractivity contribution >= 4 is 26.0 Å². The molecule has 1 aromatic carbocycles. The minimum Gasteiger partial charge on any atom is -0.339 e. The van der Waals surface area contributed by atoms with E-state index in [9.17, 15) is 21.6 Å². The molecule has 8 nitrogen and oxygen atoms in total. The van der Waals surface area contributed by atoms with Gasteiger partial charge in [-0.05, 0) is 51.0 Å². The van der Waals surface area contributed by atoms with Gasteiger partial charge in [0.2, 0.25) is 20.0 Å². The molecular formula is C18H29N3O5S2. The predicted octanol–water partition coefficient (Wildman–Crippen LogP) is 1.21. The predicted molar refractivity (Wildman–Crippen MR) is 108 cm³/mol. The number of carbonyl (C=O) groups excluding carboxylic acids is 1. The van der Waals surface area contributed by atoms with Gasteiger partial charge in [0.15, 0.2) is 0 Å². The van der Waals surface area contributed by atoms with Crippen LogP contribution in [-0.4, -0.2) is 81.8 Å². The Bertz CT molecular complexity index is 886. The number of hydrogen-bond donors (Lipinski definition) is 0. The Morgan fingerprint density at radius 2 is 1.54 bits per heavy atom. The van der Waals surface area contributed by atoms with Gasteiger partial charge in [0, 0.05) is 44.8 Å². The molecule has 0 unspecified atom stereocenters. The van der Waals surface area contributed by atoms with E-state index in [2.05, 4.69) is 0 Å². The van der Waals surface area contributed by atoms with Crippen LogP contribution in [0.1, 0.15) is 37.0 Å². The van der Waals surface area contributed by atoms with E-state index < -0.39 is 20.0 Å². The van der Waals surface area contributed by atoms with Gasteiger partial charge in [-0.3, -0.25) is 4.79 Å². The molecule has 0 N–H and O–H groups in total. The molecule has 28 heavy (non-hydrogen) atoms. The normalized spacial score (nSPS) is 17.0.